The molecule has 3 rings (SSSR count). The molecule has 28 heavy (non-hydrogen) atoms. The predicted octanol–water partition coefficient (Wildman–Crippen LogP) is 3.53. The van der Waals surface area contributed by atoms with Crippen LogP contribution < -0.4 is 9.47 Å². The van der Waals surface area contributed by atoms with Crippen LogP contribution in [0.1, 0.15) is 23.4 Å². The van der Waals surface area contributed by atoms with E-state index in [0.717, 1.165) is 0 Å². The van der Waals surface area contributed by atoms with Gasteiger partial charge in [-0.05, 0) is 36.3 Å². The van der Waals surface area contributed by atoms with Gasteiger partial charge >= 0.3 is 11.7 Å². The Bertz CT molecular complexity index is 972. The van der Waals surface area contributed by atoms with E-state index in [2.05, 4.69) is 10.1 Å². The van der Waals surface area contributed by atoms with Gasteiger partial charge in [-0.25, -0.2) is 4.79 Å². The number of hydrogen-bond donors (Lipinski definition) is 0. The van der Waals surface area contributed by atoms with E-state index in [9.17, 15) is 14.9 Å². The number of para-hydroxylation sites is 1. The van der Waals surface area contributed by atoms with Gasteiger partial charge in [0.1, 0.15) is 11.5 Å². The normalized spacial score (nSPS) is 10.3. The lowest BCUT2D eigenvalue weighted by Gasteiger charge is -2.08. The summed E-state index contributed by atoms with van der Waals surface area (Å²) in [6.45, 7) is 1.56. The maximum Gasteiger partial charge on any atom is 0.379 e. The van der Waals surface area contributed by atoms with Crippen LogP contribution in [0.25, 0.3) is 0 Å². The van der Waals surface area contributed by atoms with E-state index in [-0.39, 0.29) is 42.1 Å². The van der Waals surface area contributed by atoms with Crippen molar-refractivity contribution in [2.24, 2.45) is 0 Å². The first-order valence-electron chi connectivity index (χ1n) is 8.20. The van der Waals surface area contributed by atoms with Crippen LogP contribution >= 0.6 is 0 Å². The number of aromatic nitrogens is 2. The molecule has 0 bridgehead atoms. The number of carbonyl (C=O) groups is 1. The molecule has 10 heteroatoms. The molecule has 0 atom stereocenters. The molecule has 0 N–H and O–H groups in total. The average Bonchev–Trinajstić information content (AvgIpc) is 3.17. The summed E-state index contributed by atoms with van der Waals surface area (Å²) in [6, 6.07) is 13.1. The van der Waals surface area contributed by atoms with Crippen LogP contribution in [0, 0.1) is 10.1 Å². The van der Waals surface area contributed by atoms with Crippen molar-refractivity contribution in [2.75, 3.05) is 6.61 Å². The highest BCUT2D eigenvalue weighted by molar-refractivity contribution is 5.84. The molecule has 3 aromatic rings. The number of hydrogen-bond acceptors (Lipinski definition) is 9. The fraction of sp³-hybridized carbons (Fsp3) is 0.167. The molecule has 0 radical (unpaired) electrons. The molecule has 2 aromatic carbocycles. The largest absolute Gasteiger partial charge is 0.477 e. The standard InChI is InChI=1S/C18H15N3O7/c1-2-25-18(22)17-19-16(28-20-17)11-26-15-9-8-13(10-14(15)21(23)24)27-12-6-4-3-5-7-12/h3-10H,2,11H2,1H3. The van der Waals surface area contributed by atoms with Crippen LogP contribution in [0.3, 0.4) is 0 Å². The van der Waals surface area contributed by atoms with Gasteiger partial charge in [-0.3, -0.25) is 10.1 Å². The zero-order valence-electron chi connectivity index (χ0n) is 14.7. The predicted molar refractivity (Wildman–Crippen MR) is 94.2 cm³/mol. The first-order valence-corrected chi connectivity index (χ1v) is 8.20. The summed E-state index contributed by atoms with van der Waals surface area (Å²) in [5.41, 5.74) is -0.293. The van der Waals surface area contributed by atoms with Crippen LogP contribution in [0.5, 0.6) is 17.2 Å². The molecule has 0 fully saturated rings. The zero-order valence-corrected chi connectivity index (χ0v) is 14.7. The maximum atomic E-state index is 11.5. The van der Waals surface area contributed by atoms with Crippen molar-refractivity contribution >= 4 is 11.7 Å². The van der Waals surface area contributed by atoms with E-state index in [0.29, 0.717) is 5.75 Å². The second-order valence-electron chi connectivity index (χ2n) is 5.32. The fourth-order valence-electron chi connectivity index (χ4n) is 2.18. The molecular formula is C18H15N3O7. The lowest BCUT2D eigenvalue weighted by Crippen LogP contribution is -2.07. The zero-order chi connectivity index (χ0) is 19.9. The topological polar surface area (TPSA) is 127 Å². The van der Waals surface area contributed by atoms with Gasteiger partial charge in [0.2, 0.25) is 0 Å². The number of benzene rings is 2. The molecule has 1 aromatic heterocycles. The van der Waals surface area contributed by atoms with Gasteiger partial charge in [0.25, 0.3) is 11.7 Å². The minimum absolute atomic E-state index is 0.0127. The Labute approximate surface area is 158 Å². The Kier molecular flexibility index (Phi) is 5.80. The first kappa shape index (κ1) is 18.8. The third-order valence-electron chi connectivity index (χ3n) is 3.38. The fourth-order valence-corrected chi connectivity index (χ4v) is 2.18. The van der Waals surface area contributed by atoms with Gasteiger partial charge in [-0.2, -0.15) is 4.98 Å². The van der Waals surface area contributed by atoms with E-state index < -0.39 is 10.9 Å². The molecule has 1 heterocycles. The van der Waals surface area contributed by atoms with E-state index in [1.165, 1.54) is 18.2 Å². The number of esters is 1. The van der Waals surface area contributed by atoms with E-state index >= 15 is 0 Å². The second-order valence-corrected chi connectivity index (χ2v) is 5.32. The van der Waals surface area contributed by atoms with Crippen LogP contribution in [-0.4, -0.2) is 27.6 Å². The molecule has 0 aliphatic carbocycles. The van der Waals surface area contributed by atoms with Gasteiger partial charge in [-0.15, -0.1) is 0 Å². The van der Waals surface area contributed by atoms with Crippen LogP contribution in [0.4, 0.5) is 5.69 Å². The van der Waals surface area contributed by atoms with Gasteiger partial charge < -0.3 is 18.7 Å². The summed E-state index contributed by atoms with van der Waals surface area (Å²) in [5.74, 6) is -0.189. The molecule has 0 saturated heterocycles. The molecule has 0 aliphatic heterocycles. The van der Waals surface area contributed by atoms with Crippen molar-refractivity contribution in [2.45, 2.75) is 13.5 Å². The van der Waals surface area contributed by atoms with Crippen molar-refractivity contribution in [3.8, 4) is 17.2 Å². The Balaban J connectivity index is 1.71. The highest BCUT2D eigenvalue weighted by Crippen LogP contribution is 2.33. The molecule has 0 amide bonds. The van der Waals surface area contributed by atoms with E-state index in [4.69, 9.17) is 18.7 Å². The van der Waals surface area contributed by atoms with Crippen molar-refractivity contribution in [3.05, 3.63) is 70.4 Å². The third-order valence-corrected chi connectivity index (χ3v) is 3.38. The van der Waals surface area contributed by atoms with Crippen LogP contribution in [0.2, 0.25) is 0 Å². The van der Waals surface area contributed by atoms with Crippen molar-refractivity contribution in [1.29, 1.82) is 0 Å². The Morgan fingerprint density at radius 3 is 2.68 bits per heavy atom. The number of ether oxygens (including phenoxy) is 3. The Morgan fingerprint density at radius 1 is 1.18 bits per heavy atom. The number of nitro benzene ring substituents is 1. The Morgan fingerprint density at radius 2 is 1.96 bits per heavy atom. The SMILES string of the molecule is CCOC(=O)c1noc(COc2ccc(Oc3ccccc3)cc2[N+](=O)[O-])n1. The number of nitrogens with zero attached hydrogens (tertiary/aromatic N) is 3. The average molecular weight is 385 g/mol. The van der Waals surface area contributed by atoms with E-state index in [1.807, 2.05) is 6.07 Å². The van der Waals surface area contributed by atoms with Crippen molar-refractivity contribution in [3.63, 3.8) is 0 Å². The number of carbonyl (C=O) groups excluding carboxylic acids is 1. The van der Waals surface area contributed by atoms with Gasteiger partial charge in [0, 0.05) is 0 Å². The minimum Gasteiger partial charge on any atom is -0.477 e. The third kappa shape index (κ3) is 4.61. The van der Waals surface area contributed by atoms with Crippen molar-refractivity contribution in [1.82, 2.24) is 10.1 Å². The lowest BCUT2D eigenvalue weighted by molar-refractivity contribution is -0.386. The van der Waals surface area contributed by atoms with Gasteiger partial charge in [0.05, 0.1) is 17.6 Å². The summed E-state index contributed by atoms with van der Waals surface area (Å²) < 4.78 is 20.6. The van der Waals surface area contributed by atoms with Crippen LogP contribution in [0.15, 0.2) is 53.1 Å². The van der Waals surface area contributed by atoms with Gasteiger partial charge in [0.15, 0.2) is 12.4 Å². The van der Waals surface area contributed by atoms with Gasteiger partial charge in [-0.1, -0.05) is 18.2 Å². The summed E-state index contributed by atoms with van der Waals surface area (Å²) in [6.07, 6.45) is 0. The highest BCUT2D eigenvalue weighted by atomic mass is 16.6. The number of nitro groups is 1. The molecule has 0 unspecified atom stereocenters. The lowest BCUT2D eigenvalue weighted by atomic mass is 10.2. The minimum atomic E-state index is -0.731. The number of rotatable bonds is 8. The summed E-state index contributed by atoms with van der Waals surface area (Å²) in [4.78, 5) is 26.1. The molecular weight excluding hydrogens is 370 g/mol. The highest BCUT2D eigenvalue weighted by Gasteiger charge is 2.20. The molecule has 0 spiro atoms. The van der Waals surface area contributed by atoms with E-state index in [1.54, 1.807) is 31.2 Å². The van der Waals surface area contributed by atoms with Crippen LogP contribution in [-0.2, 0) is 11.3 Å². The maximum absolute atomic E-state index is 11.5. The molecule has 0 aliphatic rings. The summed E-state index contributed by atoms with van der Waals surface area (Å²) >= 11 is 0. The molecule has 144 valence electrons. The summed E-state index contributed by atoms with van der Waals surface area (Å²) in [5, 5.41) is 14.8. The second kappa shape index (κ2) is 8.62. The summed E-state index contributed by atoms with van der Waals surface area (Å²) in [7, 11) is 0. The Hall–Kier alpha value is -3.95. The quantitative estimate of drug-likeness (QED) is 0.325. The monoisotopic (exact) mass is 385 g/mol. The van der Waals surface area contributed by atoms with Crippen molar-refractivity contribution < 1.29 is 28.5 Å². The molecule has 10 nitrogen and oxygen atoms in total. The smallest absolute Gasteiger partial charge is 0.379 e. The first-order chi connectivity index (χ1) is 13.6. The molecule has 0 saturated carbocycles.